The SMILES string of the molecule is Cc1cccc2c1nc1n2C[C@@]2(CN3CCC2CC3)O1. The zero-order chi connectivity index (χ0) is 13.3. The first-order valence-electron chi connectivity index (χ1n) is 7.62. The van der Waals surface area contributed by atoms with Crippen molar-refractivity contribution in [2.24, 2.45) is 5.92 Å². The van der Waals surface area contributed by atoms with E-state index < -0.39 is 0 Å². The van der Waals surface area contributed by atoms with Gasteiger partial charge in [-0.25, -0.2) is 0 Å². The molecule has 4 heteroatoms. The molecule has 1 aromatic heterocycles. The van der Waals surface area contributed by atoms with Gasteiger partial charge in [-0.3, -0.25) is 9.47 Å². The fourth-order valence-corrected chi connectivity index (χ4v) is 4.40. The maximum atomic E-state index is 6.42. The van der Waals surface area contributed by atoms with Crippen molar-refractivity contribution < 1.29 is 4.74 Å². The van der Waals surface area contributed by atoms with Gasteiger partial charge in [0, 0.05) is 12.5 Å². The van der Waals surface area contributed by atoms with Crippen LogP contribution in [-0.2, 0) is 6.54 Å². The Hall–Kier alpha value is -1.55. The summed E-state index contributed by atoms with van der Waals surface area (Å²) < 4.78 is 8.72. The summed E-state index contributed by atoms with van der Waals surface area (Å²) in [6, 6.07) is 7.24. The van der Waals surface area contributed by atoms with E-state index in [2.05, 4.69) is 34.6 Å². The monoisotopic (exact) mass is 269 g/mol. The van der Waals surface area contributed by atoms with Crippen LogP contribution in [0, 0.1) is 12.8 Å². The first-order valence-corrected chi connectivity index (χ1v) is 7.62. The molecule has 4 nitrogen and oxygen atoms in total. The van der Waals surface area contributed by atoms with Crippen LogP contribution in [0.2, 0.25) is 0 Å². The van der Waals surface area contributed by atoms with Gasteiger partial charge in [-0.2, -0.15) is 4.98 Å². The Morgan fingerprint density at radius 3 is 2.85 bits per heavy atom. The molecule has 0 amide bonds. The third-order valence-corrected chi connectivity index (χ3v) is 5.49. The topological polar surface area (TPSA) is 30.3 Å². The van der Waals surface area contributed by atoms with Crippen molar-refractivity contribution in [2.75, 3.05) is 19.6 Å². The van der Waals surface area contributed by atoms with E-state index in [4.69, 9.17) is 9.72 Å². The van der Waals surface area contributed by atoms with Gasteiger partial charge in [0.1, 0.15) is 5.60 Å². The van der Waals surface area contributed by atoms with Gasteiger partial charge in [0.2, 0.25) is 0 Å². The van der Waals surface area contributed by atoms with Gasteiger partial charge in [-0.05, 0) is 44.5 Å². The van der Waals surface area contributed by atoms with Crippen molar-refractivity contribution >= 4 is 11.0 Å². The fourth-order valence-electron chi connectivity index (χ4n) is 4.40. The van der Waals surface area contributed by atoms with Gasteiger partial charge in [-0.15, -0.1) is 0 Å². The highest BCUT2D eigenvalue weighted by Crippen LogP contribution is 2.45. The summed E-state index contributed by atoms with van der Waals surface area (Å²) in [5.41, 5.74) is 3.56. The van der Waals surface area contributed by atoms with Crippen molar-refractivity contribution in [2.45, 2.75) is 31.9 Å². The normalized spacial score (nSPS) is 34.6. The maximum Gasteiger partial charge on any atom is 0.298 e. The number of rotatable bonds is 0. The van der Waals surface area contributed by atoms with E-state index in [0.717, 1.165) is 24.6 Å². The van der Waals surface area contributed by atoms with Crippen LogP contribution >= 0.6 is 0 Å². The van der Waals surface area contributed by atoms with Gasteiger partial charge in [0.05, 0.1) is 17.6 Å². The van der Waals surface area contributed by atoms with Gasteiger partial charge in [0.15, 0.2) is 0 Å². The van der Waals surface area contributed by atoms with Gasteiger partial charge >= 0.3 is 0 Å². The molecule has 2 bridgehead atoms. The number of hydrogen-bond acceptors (Lipinski definition) is 3. The standard InChI is InChI=1S/C16H19N3O/c1-11-3-2-4-13-14(11)17-15-19(13)10-16(20-15)9-18-7-5-12(16)6-8-18/h2-4,12H,5-10H2,1H3/t16-/m1/s1. The number of aryl methyl sites for hydroxylation is 1. The molecule has 0 N–H and O–H groups in total. The Balaban J connectivity index is 1.61. The zero-order valence-corrected chi connectivity index (χ0v) is 11.8. The lowest BCUT2D eigenvalue weighted by Gasteiger charge is -2.50. The molecule has 104 valence electrons. The van der Waals surface area contributed by atoms with E-state index in [1.54, 1.807) is 0 Å². The predicted octanol–water partition coefficient (Wildman–Crippen LogP) is 2.20. The number of aromatic nitrogens is 2. The summed E-state index contributed by atoms with van der Waals surface area (Å²) in [5, 5.41) is 0. The lowest BCUT2D eigenvalue weighted by atomic mass is 9.75. The zero-order valence-electron chi connectivity index (χ0n) is 11.8. The average molecular weight is 269 g/mol. The van der Waals surface area contributed by atoms with E-state index in [1.165, 1.54) is 37.0 Å². The number of para-hydroxylation sites is 1. The van der Waals surface area contributed by atoms with E-state index in [1.807, 2.05) is 0 Å². The summed E-state index contributed by atoms with van der Waals surface area (Å²) in [4.78, 5) is 7.30. The van der Waals surface area contributed by atoms with Crippen molar-refractivity contribution in [3.63, 3.8) is 0 Å². The van der Waals surface area contributed by atoms with E-state index >= 15 is 0 Å². The molecule has 0 radical (unpaired) electrons. The van der Waals surface area contributed by atoms with Crippen LogP contribution in [0.25, 0.3) is 11.0 Å². The molecule has 0 saturated carbocycles. The smallest absolute Gasteiger partial charge is 0.298 e. The van der Waals surface area contributed by atoms with Crippen LogP contribution in [-0.4, -0.2) is 39.7 Å². The molecular formula is C16H19N3O. The van der Waals surface area contributed by atoms with Gasteiger partial charge in [-0.1, -0.05) is 12.1 Å². The van der Waals surface area contributed by atoms with E-state index in [-0.39, 0.29) is 5.60 Å². The minimum absolute atomic E-state index is 0.00320. The van der Waals surface area contributed by atoms with Crippen molar-refractivity contribution in [3.8, 4) is 6.01 Å². The number of piperidine rings is 3. The molecule has 4 aliphatic heterocycles. The highest BCUT2D eigenvalue weighted by atomic mass is 16.5. The summed E-state index contributed by atoms with van der Waals surface area (Å²) in [5.74, 6) is 0.703. The second kappa shape index (κ2) is 3.55. The molecular weight excluding hydrogens is 250 g/mol. The van der Waals surface area contributed by atoms with Crippen LogP contribution in [0.3, 0.4) is 0 Å². The van der Waals surface area contributed by atoms with Crippen LogP contribution in [0.1, 0.15) is 18.4 Å². The van der Waals surface area contributed by atoms with Crippen LogP contribution in [0.4, 0.5) is 0 Å². The molecule has 0 unspecified atom stereocenters. The molecule has 3 fully saturated rings. The molecule has 2 aromatic rings. The lowest BCUT2D eigenvalue weighted by Crippen LogP contribution is -2.61. The molecule has 5 heterocycles. The maximum absolute atomic E-state index is 6.42. The van der Waals surface area contributed by atoms with Crippen LogP contribution in [0.15, 0.2) is 18.2 Å². The highest BCUT2D eigenvalue weighted by Gasteiger charge is 2.53. The lowest BCUT2D eigenvalue weighted by molar-refractivity contribution is -0.0832. The molecule has 1 atom stereocenters. The Bertz CT molecular complexity index is 699. The Labute approximate surface area is 118 Å². The number of benzene rings is 1. The summed E-state index contributed by atoms with van der Waals surface area (Å²) >= 11 is 0. The molecule has 1 spiro atoms. The number of fused-ring (bicyclic) bond motifs is 5. The first-order chi connectivity index (χ1) is 9.75. The van der Waals surface area contributed by atoms with Crippen molar-refractivity contribution in [1.82, 2.24) is 14.5 Å². The predicted molar refractivity (Wildman–Crippen MR) is 77.0 cm³/mol. The highest BCUT2D eigenvalue weighted by molar-refractivity contribution is 5.80. The summed E-state index contributed by atoms with van der Waals surface area (Å²) in [7, 11) is 0. The molecule has 3 saturated heterocycles. The Morgan fingerprint density at radius 1 is 1.25 bits per heavy atom. The van der Waals surface area contributed by atoms with Crippen molar-refractivity contribution in [1.29, 1.82) is 0 Å². The molecule has 1 aromatic carbocycles. The minimum atomic E-state index is -0.00320. The molecule has 4 aliphatic rings. The second-order valence-corrected chi connectivity index (χ2v) is 6.64. The van der Waals surface area contributed by atoms with Crippen LogP contribution in [0.5, 0.6) is 6.01 Å². The number of ether oxygens (including phenoxy) is 1. The Kier molecular flexibility index (Phi) is 1.98. The second-order valence-electron chi connectivity index (χ2n) is 6.64. The molecule has 6 rings (SSSR count). The summed E-state index contributed by atoms with van der Waals surface area (Å²) in [6.07, 6.45) is 2.56. The number of nitrogens with zero attached hydrogens (tertiary/aromatic N) is 3. The molecule has 0 aliphatic carbocycles. The van der Waals surface area contributed by atoms with Gasteiger partial charge in [0.25, 0.3) is 6.01 Å². The first kappa shape index (κ1) is 11.1. The largest absolute Gasteiger partial charge is 0.454 e. The number of hydrogen-bond donors (Lipinski definition) is 0. The summed E-state index contributed by atoms with van der Waals surface area (Å²) in [6.45, 7) is 6.67. The average Bonchev–Trinajstić information content (AvgIpc) is 2.96. The minimum Gasteiger partial charge on any atom is -0.454 e. The number of imidazole rings is 1. The third kappa shape index (κ3) is 1.28. The van der Waals surface area contributed by atoms with E-state index in [9.17, 15) is 0 Å². The Morgan fingerprint density at radius 2 is 2.10 bits per heavy atom. The van der Waals surface area contributed by atoms with E-state index in [0.29, 0.717) is 5.92 Å². The molecule has 20 heavy (non-hydrogen) atoms. The van der Waals surface area contributed by atoms with Gasteiger partial charge < -0.3 is 4.74 Å². The fraction of sp³-hybridized carbons (Fsp3) is 0.562. The van der Waals surface area contributed by atoms with Crippen molar-refractivity contribution in [3.05, 3.63) is 23.8 Å². The van der Waals surface area contributed by atoms with Crippen LogP contribution < -0.4 is 4.74 Å². The quantitative estimate of drug-likeness (QED) is 0.734. The third-order valence-electron chi connectivity index (χ3n) is 5.49.